The third-order valence-corrected chi connectivity index (χ3v) is 8.85. The van der Waals surface area contributed by atoms with E-state index in [0.717, 1.165) is 76.8 Å². The highest BCUT2D eigenvalue weighted by Crippen LogP contribution is 2.31. The van der Waals surface area contributed by atoms with Crippen molar-refractivity contribution in [1.82, 2.24) is 29.5 Å². The van der Waals surface area contributed by atoms with Crippen molar-refractivity contribution in [1.29, 1.82) is 0 Å². The zero-order valence-electron chi connectivity index (χ0n) is 27.7. The number of carbonyl (C=O) groups excluding carboxylic acids is 1. The predicted molar refractivity (Wildman–Crippen MR) is 188 cm³/mol. The van der Waals surface area contributed by atoms with Crippen LogP contribution < -0.4 is 10.2 Å². The van der Waals surface area contributed by atoms with Gasteiger partial charge in [0.05, 0.1) is 11.9 Å². The highest BCUT2D eigenvalue weighted by molar-refractivity contribution is 5.97. The Bertz CT molecular complexity index is 1890. The molecular formula is C37H44N8O2. The Hall–Kier alpha value is -4.67. The Kier molecular flexibility index (Phi) is 9.89. The van der Waals surface area contributed by atoms with Crippen LogP contribution in [0, 0.1) is 5.92 Å². The minimum atomic E-state index is 0.0891. The van der Waals surface area contributed by atoms with Crippen LogP contribution in [0.3, 0.4) is 0 Å². The average molecular weight is 633 g/mol. The Labute approximate surface area is 276 Å². The van der Waals surface area contributed by atoms with Crippen LogP contribution in [0.1, 0.15) is 49.3 Å². The summed E-state index contributed by atoms with van der Waals surface area (Å²) in [6.07, 6.45) is 9.49. The lowest BCUT2D eigenvalue weighted by atomic mass is 9.97. The van der Waals surface area contributed by atoms with Gasteiger partial charge in [-0.3, -0.25) is 9.78 Å². The van der Waals surface area contributed by atoms with Gasteiger partial charge in [-0.1, -0.05) is 62.4 Å². The molecule has 3 aromatic heterocycles. The maximum Gasteiger partial charge on any atom is 0.230 e. The lowest BCUT2D eigenvalue weighted by Gasteiger charge is -2.31. The van der Waals surface area contributed by atoms with Gasteiger partial charge in [-0.2, -0.15) is 19.6 Å². The van der Waals surface area contributed by atoms with Gasteiger partial charge < -0.3 is 20.2 Å². The standard InChI is InChI=1S/C37H44N8O2/c1-25(2)33-23-40-45-35(33)41-37(44-18-14-26(24-46)15-19-44)42-36(45)39-22-29-8-5-6-10-31(29)34-32-12-11-27(20-28(32)13-16-38-34)21-30(47)9-7-17-43(3)4/h5-13,16,20,23,25-26,46H,14-15,17-19,21-22,24H2,1-4H3,(H,39,41,42)/b9-7+. The Morgan fingerprint density at radius 3 is 2.68 bits per heavy atom. The lowest BCUT2D eigenvalue weighted by Crippen LogP contribution is -2.36. The van der Waals surface area contributed by atoms with Gasteiger partial charge in [0.25, 0.3) is 0 Å². The lowest BCUT2D eigenvalue weighted by molar-refractivity contribution is -0.114. The van der Waals surface area contributed by atoms with Crippen molar-refractivity contribution >= 4 is 34.1 Å². The number of nitrogens with zero attached hydrogens (tertiary/aromatic N) is 7. The first-order valence-electron chi connectivity index (χ1n) is 16.5. The van der Waals surface area contributed by atoms with Crippen molar-refractivity contribution in [2.24, 2.45) is 5.92 Å². The molecule has 0 unspecified atom stereocenters. The first kappa shape index (κ1) is 32.3. The Balaban J connectivity index is 1.27. The van der Waals surface area contributed by atoms with Crippen LogP contribution in [0.5, 0.6) is 0 Å². The number of aliphatic hydroxyl groups excluding tert-OH is 1. The van der Waals surface area contributed by atoms with Gasteiger partial charge in [0, 0.05) is 61.9 Å². The number of piperidine rings is 1. The van der Waals surface area contributed by atoms with Crippen molar-refractivity contribution < 1.29 is 9.90 Å². The van der Waals surface area contributed by atoms with E-state index < -0.39 is 0 Å². The number of fused-ring (bicyclic) bond motifs is 2. The highest BCUT2D eigenvalue weighted by Gasteiger charge is 2.23. The fourth-order valence-corrected chi connectivity index (χ4v) is 6.15. The number of allylic oxidation sites excluding steroid dienone is 1. The Morgan fingerprint density at radius 2 is 1.91 bits per heavy atom. The number of hydrogen-bond donors (Lipinski definition) is 2. The molecule has 1 aliphatic rings. The molecule has 4 heterocycles. The number of ketones is 1. The molecule has 244 valence electrons. The smallest absolute Gasteiger partial charge is 0.230 e. The number of pyridine rings is 1. The second-order valence-corrected chi connectivity index (χ2v) is 13.0. The maximum atomic E-state index is 12.6. The molecule has 0 atom stereocenters. The molecule has 1 saturated heterocycles. The number of hydrogen-bond acceptors (Lipinski definition) is 9. The number of aliphatic hydroxyl groups is 1. The van der Waals surface area contributed by atoms with Crippen molar-refractivity contribution in [3.05, 3.63) is 89.8 Å². The summed E-state index contributed by atoms with van der Waals surface area (Å²) in [4.78, 5) is 31.5. The predicted octanol–water partition coefficient (Wildman–Crippen LogP) is 5.51. The van der Waals surface area contributed by atoms with Crippen LogP contribution in [-0.2, 0) is 17.8 Å². The quantitative estimate of drug-likeness (QED) is 0.172. The molecule has 10 heteroatoms. The summed E-state index contributed by atoms with van der Waals surface area (Å²) >= 11 is 0. The molecule has 2 N–H and O–H groups in total. The maximum absolute atomic E-state index is 12.6. The fraction of sp³-hybridized carbons (Fsp3) is 0.378. The average Bonchev–Trinajstić information content (AvgIpc) is 3.51. The van der Waals surface area contributed by atoms with Crippen molar-refractivity contribution in [2.75, 3.05) is 50.6 Å². The molecule has 0 amide bonds. The zero-order valence-corrected chi connectivity index (χ0v) is 27.7. The van der Waals surface area contributed by atoms with E-state index in [-0.39, 0.29) is 18.3 Å². The summed E-state index contributed by atoms with van der Waals surface area (Å²) in [5, 5.41) is 20.0. The van der Waals surface area contributed by atoms with Crippen molar-refractivity contribution in [3.8, 4) is 11.3 Å². The number of likely N-dealkylation sites (N-methyl/N-ethyl adjacent to an activating group) is 1. The number of rotatable bonds is 12. The normalized spacial score (nSPS) is 14.3. The number of anilines is 2. The van der Waals surface area contributed by atoms with Gasteiger partial charge in [0.1, 0.15) is 0 Å². The third kappa shape index (κ3) is 7.34. The largest absolute Gasteiger partial charge is 0.396 e. The molecular weight excluding hydrogens is 588 g/mol. The van der Waals surface area contributed by atoms with Crippen LogP contribution in [0.4, 0.5) is 11.9 Å². The van der Waals surface area contributed by atoms with Crippen molar-refractivity contribution in [2.45, 2.75) is 45.6 Å². The Morgan fingerprint density at radius 1 is 1.11 bits per heavy atom. The van der Waals surface area contributed by atoms with Gasteiger partial charge in [0.2, 0.25) is 11.9 Å². The number of benzene rings is 2. The zero-order chi connectivity index (χ0) is 32.9. The fourth-order valence-electron chi connectivity index (χ4n) is 6.15. The molecule has 1 fully saturated rings. The van der Waals surface area contributed by atoms with E-state index in [4.69, 9.17) is 15.0 Å². The summed E-state index contributed by atoms with van der Waals surface area (Å²) in [5.74, 6) is 2.00. The van der Waals surface area contributed by atoms with E-state index in [1.54, 1.807) is 10.6 Å². The molecule has 0 aliphatic carbocycles. The van der Waals surface area contributed by atoms with E-state index in [1.165, 1.54) is 0 Å². The van der Waals surface area contributed by atoms with E-state index in [1.807, 2.05) is 61.7 Å². The topological polar surface area (TPSA) is 112 Å². The first-order chi connectivity index (χ1) is 22.8. The van der Waals surface area contributed by atoms with Gasteiger partial charge in [-0.25, -0.2) is 0 Å². The third-order valence-electron chi connectivity index (χ3n) is 8.85. The molecule has 6 rings (SSSR count). The molecule has 0 spiro atoms. The SMILES string of the molecule is CC(C)c1cnn2c(NCc3ccccc3-c3nccc4cc(CC(=O)/C=C/CN(C)C)ccc34)nc(N3CCC(CO)CC3)nc12. The number of carbonyl (C=O) groups is 1. The van der Waals surface area contributed by atoms with Crippen LogP contribution >= 0.6 is 0 Å². The van der Waals surface area contributed by atoms with Crippen LogP contribution in [-0.4, -0.2) is 80.7 Å². The van der Waals surface area contributed by atoms with Gasteiger partial charge in [-0.15, -0.1) is 0 Å². The summed E-state index contributed by atoms with van der Waals surface area (Å²) < 4.78 is 1.80. The summed E-state index contributed by atoms with van der Waals surface area (Å²) in [6.45, 7) is 7.39. The molecule has 2 aromatic carbocycles. The molecule has 0 bridgehead atoms. The number of nitrogens with one attached hydrogen (secondary N) is 1. The summed E-state index contributed by atoms with van der Waals surface area (Å²) in [7, 11) is 3.96. The number of aromatic nitrogens is 5. The molecule has 0 radical (unpaired) electrons. The molecule has 5 aromatic rings. The van der Waals surface area contributed by atoms with Gasteiger partial charge in [0.15, 0.2) is 11.4 Å². The van der Waals surface area contributed by atoms with E-state index >= 15 is 0 Å². The minimum absolute atomic E-state index is 0.0891. The minimum Gasteiger partial charge on any atom is -0.396 e. The highest BCUT2D eigenvalue weighted by atomic mass is 16.3. The van der Waals surface area contributed by atoms with E-state index in [0.29, 0.717) is 30.8 Å². The van der Waals surface area contributed by atoms with Crippen LogP contribution in [0.25, 0.3) is 27.7 Å². The summed E-state index contributed by atoms with van der Waals surface area (Å²) in [5.41, 5.74) is 5.86. The monoisotopic (exact) mass is 632 g/mol. The summed E-state index contributed by atoms with van der Waals surface area (Å²) in [6, 6.07) is 16.5. The van der Waals surface area contributed by atoms with Crippen LogP contribution in [0.2, 0.25) is 0 Å². The second-order valence-electron chi connectivity index (χ2n) is 13.0. The molecule has 47 heavy (non-hydrogen) atoms. The van der Waals surface area contributed by atoms with E-state index in [9.17, 15) is 9.90 Å². The first-order valence-corrected chi connectivity index (χ1v) is 16.5. The van der Waals surface area contributed by atoms with E-state index in [2.05, 4.69) is 53.4 Å². The van der Waals surface area contributed by atoms with Gasteiger partial charge in [-0.05, 0) is 67.4 Å². The molecule has 0 saturated carbocycles. The molecule has 10 nitrogen and oxygen atoms in total. The molecule has 1 aliphatic heterocycles. The van der Waals surface area contributed by atoms with Crippen LogP contribution in [0.15, 0.2) is 73.1 Å². The van der Waals surface area contributed by atoms with Gasteiger partial charge >= 0.3 is 0 Å². The van der Waals surface area contributed by atoms with Crippen molar-refractivity contribution in [3.63, 3.8) is 0 Å². The second kappa shape index (κ2) is 14.4.